The minimum absolute atomic E-state index is 0.110. The van der Waals surface area contributed by atoms with Crippen LogP contribution in [0.1, 0.15) is 61.1 Å². The molecule has 12 heteroatoms. The first-order chi connectivity index (χ1) is 25.4. The van der Waals surface area contributed by atoms with E-state index in [1.165, 1.54) is 58.2 Å². The Morgan fingerprint density at radius 3 is 1.70 bits per heavy atom. The molecule has 0 spiro atoms. The zero-order valence-electron chi connectivity index (χ0n) is 29.8. The van der Waals surface area contributed by atoms with Crippen LogP contribution in [-0.2, 0) is 41.4 Å². The second-order valence-corrected chi connectivity index (χ2v) is 11.7. The molecule has 0 saturated heterocycles. The van der Waals surface area contributed by atoms with Crippen molar-refractivity contribution in [1.29, 1.82) is 0 Å². The lowest BCUT2D eigenvalue weighted by Gasteiger charge is -2.21. The summed E-state index contributed by atoms with van der Waals surface area (Å²) in [4.78, 5) is 48.6. The molecule has 3 aromatic carbocycles. The van der Waals surface area contributed by atoms with Crippen LogP contribution in [0.15, 0.2) is 116 Å². The van der Waals surface area contributed by atoms with Crippen molar-refractivity contribution in [2.24, 2.45) is 0 Å². The molecule has 0 aromatic heterocycles. The van der Waals surface area contributed by atoms with Crippen molar-refractivity contribution >= 4 is 36.0 Å². The molecule has 0 heterocycles. The minimum Gasteiger partial charge on any atom is -0.496 e. The van der Waals surface area contributed by atoms with E-state index in [4.69, 9.17) is 23.7 Å². The SMILES string of the molecule is C=C(C)C(=O)O/C=C/c1ccc(C#Cc2cc(OC(=O)C(=C)C)c(CO/C=C/c3ccc(OC(=O)C(=C)C)cc3)c(C(F)(F)F)c2OC(=O)C(=C)C)cc1. The molecule has 278 valence electrons. The highest BCUT2D eigenvalue weighted by molar-refractivity contribution is 5.91. The third-order valence-electron chi connectivity index (χ3n) is 6.78. The van der Waals surface area contributed by atoms with Gasteiger partial charge in [-0.1, -0.05) is 62.4 Å². The van der Waals surface area contributed by atoms with Gasteiger partial charge in [-0.05, 0) is 75.2 Å². The molecule has 0 radical (unpaired) electrons. The molecule has 54 heavy (non-hydrogen) atoms. The number of esters is 4. The summed E-state index contributed by atoms with van der Waals surface area (Å²) >= 11 is 0. The van der Waals surface area contributed by atoms with E-state index >= 15 is 0 Å². The van der Waals surface area contributed by atoms with Crippen molar-refractivity contribution in [2.75, 3.05) is 0 Å². The second-order valence-electron chi connectivity index (χ2n) is 11.7. The van der Waals surface area contributed by atoms with Crippen LogP contribution in [-0.4, -0.2) is 23.9 Å². The van der Waals surface area contributed by atoms with Gasteiger partial charge in [0.25, 0.3) is 0 Å². The van der Waals surface area contributed by atoms with Crippen LogP contribution < -0.4 is 14.2 Å². The fraction of sp³-hybridized carbons (Fsp3) is 0.143. The van der Waals surface area contributed by atoms with E-state index in [0.717, 1.165) is 12.3 Å². The van der Waals surface area contributed by atoms with Crippen molar-refractivity contribution < 1.29 is 56.0 Å². The van der Waals surface area contributed by atoms with Gasteiger partial charge < -0.3 is 23.7 Å². The first-order valence-electron chi connectivity index (χ1n) is 15.8. The second kappa shape index (κ2) is 18.6. The fourth-order valence-corrected chi connectivity index (χ4v) is 3.97. The highest BCUT2D eigenvalue weighted by Gasteiger charge is 2.41. The van der Waals surface area contributed by atoms with Gasteiger partial charge in [0.05, 0.1) is 18.1 Å². The van der Waals surface area contributed by atoms with Crippen molar-refractivity contribution in [3.8, 4) is 29.1 Å². The van der Waals surface area contributed by atoms with Gasteiger partial charge in [0.15, 0.2) is 5.75 Å². The number of carbonyl (C=O) groups excluding carboxylic acids is 4. The summed E-state index contributed by atoms with van der Waals surface area (Å²) < 4.78 is 71.1. The Hall–Kier alpha value is -6.87. The number of halogens is 3. The topological polar surface area (TPSA) is 114 Å². The molecule has 0 N–H and O–H groups in total. The Morgan fingerprint density at radius 2 is 1.17 bits per heavy atom. The Bertz CT molecular complexity index is 2120. The lowest BCUT2D eigenvalue weighted by atomic mass is 9.99. The number of benzene rings is 3. The lowest BCUT2D eigenvalue weighted by molar-refractivity contribution is -0.143. The molecule has 0 atom stereocenters. The summed E-state index contributed by atoms with van der Waals surface area (Å²) in [6, 6.07) is 13.5. The zero-order valence-corrected chi connectivity index (χ0v) is 29.8. The molecule has 0 bridgehead atoms. The molecule has 0 aliphatic rings. The number of rotatable bonds is 13. The number of hydrogen-bond acceptors (Lipinski definition) is 9. The predicted molar refractivity (Wildman–Crippen MR) is 195 cm³/mol. The summed E-state index contributed by atoms with van der Waals surface area (Å²) in [6.07, 6.45) is 0.0243. The van der Waals surface area contributed by atoms with E-state index in [0.29, 0.717) is 16.7 Å². The molecule has 3 aromatic rings. The molecule has 0 saturated carbocycles. The molecule has 0 unspecified atom stereocenters. The van der Waals surface area contributed by atoms with Crippen LogP contribution in [0.2, 0.25) is 0 Å². The lowest BCUT2D eigenvalue weighted by Crippen LogP contribution is -2.20. The quantitative estimate of drug-likeness (QED) is 0.0558. The van der Waals surface area contributed by atoms with Crippen LogP contribution >= 0.6 is 0 Å². The van der Waals surface area contributed by atoms with Crippen LogP contribution in [0.25, 0.3) is 12.2 Å². The van der Waals surface area contributed by atoms with E-state index in [1.807, 2.05) is 0 Å². The maximum absolute atomic E-state index is 15.0. The van der Waals surface area contributed by atoms with Crippen LogP contribution in [0.5, 0.6) is 17.2 Å². The number of hydrogen-bond donors (Lipinski definition) is 0. The third kappa shape index (κ3) is 12.1. The van der Waals surface area contributed by atoms with Gasteiger partial charge in [0.2, 0.25) is 0 Å². The van der Waals surface area contributed by atoms with E-state index in [1.54, 1.807) is 36.4 Å². The van der Waals surface area contributed by atoms with Gasteiger partial charge in [-0.2, -0.15) is 13.2 Å². The number of alkyl halides is 3. The van der Waals surface area contributed by atoms with Crippen molar-refractivity contribution in [3.05, 3.63) is 149 Å². The van der Waals surface area contributed by atoms with Crippen LogP contribution in [0.4, 0.5) is 13.2 Å². The van der Waals surface area contributed by atoms with E-state index < -0.39 is 64.8 Å². The molecular weight excluding hydrogens is 705 g/mol. The van der Waals surface area contributed by atoms with Crippen molar-refractivity contribution in [2.45, 2.75) is 40.5 Å². The van der Waals surface area contributed by atoms with Gasteiger partial charge in [0, 0.05) is 39.5 Å². The van der Waals surface area contributed by atoms with Gasteiger partial charge >= 0.3 is 30.1 Å². The molecule has 9 nitrogen and oxygen atoms in total. The minimum atomic E-state index is -5.19. The number of ether oxygens (including phenoxy) is 5. The van der Waals surface area contributed by atoms with Gasteiger partial charge in [-0.3, -0.25) is 0 Å². The molecular formula is C42H35F3O9. The maximum Gasteiger partial charge on any atom is 0.420 e. The zero-order chi connectivity index (χ0) is 40.2. The summed E-state index contributed by atoms with van der Waals surface area (Å²) in [5.41, 5.74) is -0.992. The molecule has 0 aliphatic heterocycles. The Labute approximate surface area is 310 Å². The maximum atomic E-state index is 15.0. The average molecular weight is 741 g/mol. The van der Waals surface area contributed by atoms with E-state index in [2.05, 4.69) is 38.2 Å². The highest BCUT2D eigenvalue weighted by atomic mass is 19.4. The normalized spacial score (nSPS) is 10.9. The monoisotopic (exact) mass is 740 g/mol. The third-order valence-corrected chi connectivity index (χ3v) is 6.78. The molecule has 0 aliphatic carbocycles. The van der Waals surface area contributed by atoms with Crippen LogP contribution in [0, 0.1) is 11.8 Å². The van der Waals surface area contributed by atoms with Gasteiger partial charge in [0.1, 0.15) is 23.7 Å². The first-order valence-corrected chi connectivity index (χ1v) is 15.8. The average Bonchev–Trinajstić information content (AvgIpc) is 3.10. The highest BCUT2D eigenvalue weighted by Crippen LogP contribution is 2.45. The first kappa shape index (κ1) is 41.5. The van der Waals surface area contributed by atoms with Gasteiger partial charge in [-0.15, -0.1) is 0 Å². The molecule has 0 amide bonds. The Kier molecular flexibility index (Phi) is 14.3. The van der Waals surface area contributed by atoms with Crippen LogP contribution in [0.3, 0.4) is 0 Å². The largest absolute Gasteiger partial charge is 0.496 e. The van der Waals surface area contributed by atoms with Crippen molar-refractivity contribution in [1.82, 2.24) is 0 Å². The van der Waals surface area contributed by atoms with Crippen molar-refractivity contribution in [3.63, 3.8) is 0 Å². The van der Waals surface area contributed by atoms with E-state index in [9.17, 15) is 32.3 Å². The van der Waals surface area contributed by atoms with E-state index in [-0.39, 0.29) is 28.0 Å². The number of carbonyl (C=O) groups is 4. The Morgan fingerprint density at radius 1 is 0.667 bits per heavy atom. The summed E-state index contributed by atoms with van der Waals surface area (Å²) in [5.74, 6) is 0.624. The standard InChI is InChI=1S/C42H35F3O9/c1-25(2)38(46)51-22-20-30-11-9-29(10-12-30)13-16-32-23-35(53-40(48)27(5)6)34(36(42(43,44)45)37(32)54-41(49)28(7)8)24-50-21-19-31-14-17-33(18-15-31)52-39(47)26(3)4/h9-12,14-15,17-23H,1,3,5,7,24H2,2,4,6,8H3/b21-19+,22-20+. The molecule has 0 fully saturated rings. The summed E-state index contributed by atoms with van der Waals surface area (Å²) in [7, 11) is 0. The summed E-state index contributed by atoms with van der Waals surface area (Å²) in [5, 5.41) is 0. The predicted octanol–water partition coefficient (Wildman–Crippen LogP) is 8.83. The fourth-order valence-electron chi connectivity index (χ4n) is 3.97. The molecule has 3 rings (SSSR count). The summed E-state index contributed by atoms with van der Waals surface area (Å²) in [6.45, 7) is 18.7. The Balaban J connectivity index is 2.08. The van der Waals surface area contributed by atoms with Gasteiger partial charge in [-0.25, -0.2) is 19.2 Å². The smallest absolute Gasteiger partial charge is 0.420 e.